The number of anilines is 1. The van der Waals surface area contributed by atoms with Gasteiger partial charge in [-0.2, -0.15) is 0 Å². The van der Waals surface area contributed by atoms with E-state index in [1.54, 1.807) is 0 Å². The average molecular weight is 218 g/mol. The summed E-state index contributed by atoms with van der Waals surface area (Å²) >= 11 is 11.5. The molecule has 0 spiro atoms. The van der Waals surface area contributed by atoms with Crippen molar-refractivity contribution < 1.29 is 0 Å². The van der Waals surface area contributed by atoms with Gasteiger partial charge in [0, 0.05) is 30.2 Å². The largest absolute Gasteiger partial charge is 0.375 e. The van der Waals surface area contributed by atoms with Gasteiger partial charge in [-0.25, -0.2) is 0 Å². The van der Waals surface area contributed by atoms with Crippen LogP contribution in [0.15, 0.2) is 24.3 Å². The minimum Gasteiger partial charge on any atom is -0.375 e. The average Bonchev–Trinajstić information content (AvgIpc) is 2.14. The van der Waals surface area contributed by atoms with Gasteiger partial charge in [-0.05, 0) is 24.6 Å². The standard InChI is InChI=1S/C10H13Cl2N/c1-13(7-3-6-11)10-5-2-4-9(12)8-10/h2,4-5,8H,3,6-7H2,1H3. The molecule has 1 aromatic rings. The second-order valence-electron chi connectivity index (χ2n) is 2.94. The van der Waals surface area contributed by atoms with E-state index in [2.05, 4.69) is 4.90 Å². The van der Waals surface area contributed by atoms with Gasteiger partial charge in [0.1, 0.15) is 0 Å². The molecule has 0 heterocycles. The number of alkyl halides is 1. The van der Waals surface area contributed by atoms with Gasteiger partial charge in [-0.15, -0.1) is 11.6 Å². The van der Waals surface area contributed by atoms with Gasteiger partial charge in [0.05, 0.1) is 0 Å². The molecule has 13 heavy (non-hydrogen) atoms. The zero-order valence-electron chi connectivity index (χ0n) is 7.63. The van der Waals surface area contributed by atoms with Crippen molar-refractivity contribution >= 4 is 28.9 Å². The molecule has 0 aliphatic rings. The van der Waals surface area contributed by atoms with E-state index in [0.29, 0.717) is 5.88 Å². The van der Waals surface area contributed by atoms with Gasteiger partial charge < -0.3 is 4.90 Å². The molecule has 0 unspecified atom stereocenters. The van der Waals surface area contributed by atoms with Gasteiger partial charge in [0.2, 0.25) is 0 Å². The fourth-order valence-electron chi connectivity index (χ4n) is 1.14. The lowest BCUT2D eigenvalue weighted by Gasteiger charge is -2.18. The molecular formula is C10H13Cl2N. The van der Waals surface area contributed by atoms with Crippen molar-refractivity contribution in [3.63, 3.8) is 0 Å². The first-order valence-corrected chi connectivity index (χ1v) is 5.18. The number of hydrogen-bond acceptors (Lipinski definition) is 1. The summed E-state index contributed by atoms with van der Waals surface area (Å²) in [6.07, 6.45) is 0.991. The van der Waals surface area contributed by atoms with Crippen molar-refractivity contribution in [3.8, 4) is 0 Å². The maximum atomic E-state index is 5.87. The highest BCUT2D eigenvalue weighted by Gasteiger charge is 1.99. The third kappa shape index (κ3) is 3.45. The number of benzene rings is 1. The molecule has 0 saturated carbocycles. The van der Waals surface area contributed by atoms with Crippen LogP contribution in [-0.2, 0) is 0 Å². The first kappa shape index (κ1) is 10.7. The maximum Gasteiger partial charge on any atom is 0.0426 e. The highest BCUT2D eigenvalue weighted by atomic mass is 35.5. The van der Waals surface area contributed by atoms with E-state index >= 15 is 0 Å². The summed E-state index contributed by atoms with van der Waals surface area (Å²) < 4.78 is 0. The van der Waals surface area contributed by atoms with E-state index in [0.717, 1.165) is 23.7 Å². The lowest BCUT2D eigenvalue weighted by Crippen LogP contribution is -2.18. The van der Waals surface area contributed by atoms with Gasteiger partial charge in [-0.1, -0.05) is 17.7 Å². The van der Waals surface area contributed by atoms with Crippen LogP contribution in [0.5, 0.6) is 0 Å². The monoisotopic (exact) mass is 217 g/mol. The van der Waals surface area contributed by atoms with E-state index in [1.165, 1.54) is 0 Å². The smallest absolute Gasteiger partial charge is 0.0426 e. The van der Waals surface area contributed by atoms with Gasteiger partial charge in [0.25, 0.3) is 0 Å². The Bertz CT molecular complexity index is 263. The second kappa shape index (κ2) is 5.36. The molecule has 0 amide bonds. The van der Waals surface area contributed by atoms with Crippen molar-refractivity contribution in [2.75, 3.05) is 24.4 Å². The Morgan fingerprint density at radius 3 is 2.77 bits per heavy atom. The molecule has 0 aliphatic carbocycles. The van der Waals surface area contributed by atoms with Crippen LogP contribution in [0.4, 0.5) is 5.69 Å². The molecule has 0 N–H and O–H groups in total. The maximum absolute atomic E-state index is 5.87. The van der Waals surface area contributed by atoms with E-state index in [-0.39, 0.29) is 0 Å². The molecule has 0 aromatic heterocycles. The highest BCUT2D eigenvalue weighted by molar-refractivity contribution is 6.30. The summed E-state index contributed by atoms with van der Waals surface area (Å²) in [5.74, 6) is 0.699. The van der Waals surface area contributed by atoms with E-state index < -0.39 is 0 Å². The fourth-order valence-corrected chi connectivity index (χ4v) is 1.44. The zero-order valence-corrected chi connectivity index (χ0v) is 9.15. The predicted octanol–water partition coefficient (Wildman–Crippen LogP) is 3.41. The lowest BCUT2D eigenvalue weighted by molar-refractivity contribution is 0.857. The summed E-state index contributed by atoms with van der Waals surface area (Å²) in [5, 5.41) is 0.773. The van der Waals surface area contributed by atoms with E-state index in [9.17, 15) is 0 Å². The summed E-state index contributed by atoms with van der Waals surface area (Å²) in [6.45, 7) is 0.962. The Hall–Kier alpha value is -0.400. The SMILES string of the molecule is CN(CCCCl)c1cccc(Cl)c1. The summed E-state index contributed by atoms with van der Waals surface area (Å²) in [6, 6.07) is 7.82. The lowest BCUT2D eigenvalue weighted by atomic mass is 10.3. The first-order valence-electron chi connectivity index (χ1n) is 4.26. The highest BCUT2D eigenvalue weighted by Crippen LogP contribution is 2.18. The second-order valence-corrected chi connectivity index (χ2v) is 3.76. The molecule has 0 saturated heterocycles. The van der Waals surface area contributed by atoms with Gasteiger partial charge in [0.15, 0.2) is 0 Å². The number of halogens is 2. The Labute approximate surface area is 89.3 Å². The minimum atomic E-state index is 0.699. The zero-order chi connectivity index (χ0) is 9.68. The van der Waals surface area contributed by atoms with E-state index in [1.807, 2.05) is 31.3 Å². The van der Waals surface area contributed by atoms with Crippen LogP contribution < -0.4 is 4.90 Å². The van der Waals surface area contributed by atoms with Crippen LogP contribution in [0, 0.1) is 0 Å². The molecular weight excluding hydrogens is 205 g/mol. The molecule has 0 bridgehead atoms. The molecule has 0 fully saturated rings. The Balaban J connectivity index is 2.60. The summed E-state index contributed by atoms with van der Waals surface area (Å²) in [7, 11) is 2.04. The van der Waals surface area contributed by atoms with Crippen molar-refractivity contribution in [2.45, 2.75) is 6.42 Å². The molecule has 1 rings (SSSR count). The number of nitrogens with zero attached hydrogens (tertiary/aromatic N) is 1. The van der Waals surface area contributed by atoms with Crippen LogP contribution in [-0.4, -0.2) is 19.5 Å². The van der Waals surface area contributed by atoms with Crippen LogP contribution in [0.25, 0.3) is 0 Å². The van der Waals surface area contributed by atoms with E-state index in [4.69, 9.17) is 23.2 Å². The van der Waals surface area contributed by atoms with Crippen molar-refractivity contribution in [3.05, 3.63) is 29.3 Å². The summed E-state index contributed by atoms with van der Waals surface area (Å²) in [4.78, 5) is 2.15. The molecule has 0 atom stereocenters. The third-order valence-corrected chi connectivity index (χ3v) is 2.38. The molecule has 1 aromatic carbocycles. The molecule has 0 aliphatic heterocycles. The Morgan fingerprint density at radius 2 is 2.15 bits per heavy atom. The number of hydrogen-bond donors (Lipinski definition) is 0. The van der Waals surface area contributed by atoms with Gasteiger partial charge >= 0.3 is 0 Å². The van der Waals surface area contributed by atoms with Crippen molar-refractivity contribution in [1.29, 1.82) is 0 Å². The van der Waals surface area contributed by atoms with Crippen LogP contribution in [0.3, 0.4) is 0 Å². The topological polar surface area (TPSA) is 3.24 Å². The minimum absolute atomic E-state index is 0.699. The quantitative estimate of drug-likeness (QED) is 0.700. The fraction of sp³-hybridized carbons (Fsp3) is 0.400. The first-order chi connectivity index (χ1) is 6.24. The van der Waals surface area contributed by atoms with Gasteiger partial charge in [-0.3, -0.25) is 0 Å². The van der Waals surface area contributed by atoms with Crippen molar-refractivity contribution in [1.82, 2.24) is 0 Å². The Morgan fingerprint density at radius 1 is 1.38 bits per heavy atom. The van der Waals surface area contributed by atoms with Crippen molar-refractivity contribution in [2.24, 2.45) is 0 Å². The van der Waals surface area contributed by atoms with Crippen LogP contribution in [0.2, 0.25) is 5.02 Å². The molecule has 3 heteroatoms. The Kier molecular flexibility index (Phi) is 4.40. The molecule has 72 valence electrons. The van der Waals surface area contributed by atoms with Crippen LogP contribution >= 0.6 is 23.2 Å². The normalized spacial score (nSPS) is 10.1. The molecule has 1 nitrogen and oxygen atoms in total. The third-order valence-electron chi connectivity index (χ3n) is 1.88. The van der Waals surface area contributed by atoms with Crippen LogP contribution in [0.1, 0.15) is 6.42 Å². The number of rotatable bonds is 4. The molecule has 0 radical (unpaired) electrons. The summed E-state index contributed by atoms with van der Waals surface area (Å²) in [5.41, 5.74) is 1.14. The predicted molar refractivity (Wildman–Crippen MR) is 60.1 cm³/mol.